The first kappa shape index (κ1) is 15.7. The van der Waals surface area contributed by atoms with Gasteiger partial charge in [0.2, 0.25) is 11.5 Å². The molecule has 0 atom stereocenters. The van der Waals surface area contributed by atoms with Crippen molar-refractivity contribution in [1.29, 1.82) is 0 Å². The molecule has 0 aliphatic carbocycles. The van der Waals surface area contributed by atoms with E-state index in [1.54, 1.807) is 35.1 Å². The number of aromatic nitrogens is 4. The molecule has 0 bridgehead atoms. The smallest absolute Gasteiger partial charge is 0.258 e. The summed E-state index contributed by atoms with van der Waals surface area (Å²) in [4.78, 5) is 24.0. The molecule has 3 heterocycles. The maximum Gasteiger partial charge on any atom is 0.258 e. The molecular formula is C17H16N4O3. The van der Waals surface area contributed by atoms with Gasteiger partial charge in [0.25, 0.3) is 5.88 Å². The van der Waals surface area contributed by atoms with Crippen LogP contribution >= 0.6 is 0 Å². The summed E-state index contributed by atoms with van der Waals surface area (Å²) in [5.41, 5.74) is 2.22. The van der Waals surface area contributed by atoms with Crippen LogP contribution in [0.15, 0.2) is 43.5 Å². The molecular weight excluding hydrogens is 308 g/mol. The highest BCUT2D eigenvalue weighted by Crippen LogP contribution is 2.29. The molecule has 0 spiro atoms. The van der Waals surface area contributed by atoms with Crippen molar-refractivity contribution in [2.45, 2.75) is 6.42 Å². The molecule has 3 rings (SSSR count). The van der Waals surface area contributed by atoms with Gasteiger partial charge in [0, 0.05) is 30.4 Å². The number of imidazole rings is 1. The van der Waals surface area contributed by atoms with Crippen molar-refractivity contribution in [2.24, 2.45) is 0 Å². The average Bonchev–Trinajstić information content (AvgIpc) is 3.10. The van der Waals surface area contributed by atoms with Crippen molar-refractivity contribution in [2.75, 3.05) is 13.7 Å². The predicted octanol–water partition coefficient (Wildman–Crippen LogP) is 2.57. The van der Waals surface area contributed by atoms with Crippen LogP contribution in [0.4, 0.5) is 0 Å². The number of nitrogens with zero attached hydrogens (tertiary/aromatic N) is 4. The van der Waals surface area contributed by atoms with Crippen molar-refractivity contribution in [1.82, 2.24) is 19.4 Å². The second-order valence-electron chi connectivity index (χ2n) is 4.96. The number of pyridine rings is 1. The Labute approximate surface area is 138 Å². The maximum absolute atomic E-state index is 11.1. The Bertz CT molecular complexity index is 889. The van der Waals surface area contributed by atoms with E-state index in [0.717, 1.165) is 6.29 Å². The van der Waals surface area contributed by atoms with Crippen LogP contribution in [-0.4, -0.2) is 39.4 Å². The summed E-state index contributed by atoms with van der Waals surface area (Å²) in [6.45, 7) is 4.12. The first-order chi connectivity index (χ1) is 11.8. The Morgan fingerprint density at radius 2 is 2.21 bits per heavy atom. The molecule has 0 aliphatic heterocycles. The largest absolute Gasteiger partial charge is 0.481 e. The van der Waals surface area contributed by atoms with Crippen LogP contribution in [-0.2, 0) is 0 Å². The Hall–Kier alpha value is -3.22. The van der Waals surface area contributed by atoms with E-state index in [-0.39, 0.29) is 0 Å². The van der Waals surface area contributed by atoms with Gasteiger partial charge in [0.1, 0.15) is 0 Å². The van der Waals surface area contributed by atoms with Gasteiger partial charge in [-0.25, -0.2) is 15.0 Å². The van der Waals surface area contributed by atoms with E-state index in [1.165, 1.54) is 13.3 Å². The Morgan fingerprint density at radius 1 is 1.33 bits per heavy atom. The zero-order chi connectivity index (χ0) is 16.9. The van der Waals surface area contributed by atoms with Crippen LogP contribution in [0, 0.1) is 0 Å². The van der Waals surface area contributed by atoms with Gasteiger partial charge >= 0.3 is 0 Å². The second-order valence-corrected chi connectivity index (χ2v) is 4.96. The molecule has 0 N–H and O–H groups in total. The van der Waals surface area contributed by atoms with Crippen molar-refractivity contribution < 1.29 is 14.3 Å². The maximum atomic E-state index is 11.1. The van der Waals surface area contributed by atoms with E-state index in [1.807, 2.05) is 0 Å². The molecule has 3 aromatic rings. The number of methoxy groups -OCH3 is 1. The van der Waals surface area contributed by atoms with Crippen LogP contribution in [0.25, 0.3) is 16.9 Å². The van der Waals surface area contributed by atoms with E-state index in [4.69, 9.17) is 9.47 Å². The molecule has 0 fully saturated rings. The van der Waals surface area contributed by atoms with E-state index < -0.39 is 0 Å². The van der Waals surface area contributed by atoms with E-state index >= 15 is 0 Å². The summed E-state index contributed by atoms with van der Waals surface area (Å²) in [6, 6.07) is 1.68. The topological polar surface area (TPSA) is 78.6 Å². The van der Waals surface area contributed by atoms with Gasteiger partial charge in [0.15, 0.2) is 6.29 Å². The lowest BCUT2D eigenvalue weighted by molar-refractivity contribution is 0.112. The van der Waals surface area contributed by atoms with Gasteiger partial charge < -0.3 is 13.9 Å². The minimum absolute atomic E-state index is 0.379. The van der Waals surface area contributed by atoms with Crippen molar-refractivity contribution in [3.8, 4) is 23.0 Å². The summed E-state index contributed by atoms with van der Waals surface area (Å²) < 4.78 is 12.8. The van der Waals surface area contributed by atoms with Crippen LogP contribution in [0.5, 0.6) is 11.8 Å². The molecule has 7 nitrogen and oxygen atoms in total. The summed E-state index contributed by atoms with van der Waals surface area (Å²) in [7, 11) is 1.52. The zero-order valence-corrected chi connectivity index (χ0v) is 13.2. The number of aldehydes is 1. The number of carbonyl (C=O) groups excluding carboxylic acids is 1. The summed E-state index contributed by atoms with van der Waals surface area (Å²) in [6.07, 6.45) is 9.90. The molecule has 0 aromatic carbocycles. The molecule has 0 saturated carbocycles. The fraction of sp³-hybridized carbons (Fsp3) is 0.176. The summed E-state index contributed by atoms with van der Waals surface area (Å²) >= 11 is 0. The lowest BCUT2D eigenvalue weighted by Gasteiger charge is -2.11. The van der Waals surface area contributed by atoms with Gasteiger partial charge in [-0.15, -0.1) is 6.58 Å². The van der Waals surface area contributed by atoms with Gasteiger partial charge in [-0.2, -0.15) is 0 Å². The lowest BCUT2D eigenvalue weighted by Crippen LogP contribution is -2.03. The quantitative estimate of drug-likeness (QED) is 0.377. The molecule has 7 heteroatoms. The number of hydrogen-bond acceptors (Lipinski definition) is 6. The number of carbonyl (C=O) groups is 1. The minimum Gasteiger partial charge on any atom is -0.481 e. The Kier molecular flexibility index (Phi) is 4.51. The summed E-state index contributed by atoms with van der Waals surface area (Å²) in [5.74, 6) is 0.780. The third-order valence-electron chi connectivity index (χ3n) is 3.38. The van der Waals surface area contributed by atoms with Crippen LogP contribution < -0.4 is 9.47 Å². The van der Waals surface area contributed by atoms with E-state index in [9.17, 15) is 4.79 Å². The predicted molar refractivity (Wildman–Crippen MR) is 88.5 cm³/mol. The zero-order valence-electron chi connectivity index (χ0n) is 13.2. The first-order valence-corrected chi connectivity index (χ1v) is 7.33. The monoisotopic (exact) mass is 324 g/mol. The number of fused-ring (bicyclic) bond motifs is 1. The third-order valence-corrected chi connectivity index (χ3v) is 3.38. The highest BCUT2D eigenvalue weighted by Gasteiger charge is 2.15. The highest BCUT2D eigenvalue weighted by molar-refractivity contribution is 5.79. The van der Waals surface area contributed by atoms with Gasteiger partial charge in [0.05, 0.1) is 25.0 Å². The Morgan fingerprint density at radius 3 is 2.96 bits per heavy atom. The number of hydrogen-bond donors (Lipinski definition) is 0. The molecule has 0 amide bonds. The summed E-state index contributed by atoms with van der Waals surface area (Å²) in [5, 5.41) is 0. The molecule has 122 valence electrons. The number of ether oxygens (including phenoxy) is 2. The lowest BCUT2D eigenvalue weighted by atomic mass is 10.1. The molecule has 0 aliphatic rings. The van der Waals surface area contributed by atoms with Gasteiger partial charge in [-0.05, 0) is 12.5 Å². The van der Waals surface area contributed by atoms with Crippen LogP contribution in [0.1, 0.15) is 16.8 Å². The fourth-order valence-corrected chi connectivity index (χ4v) is 2.25. The van der Waals surface area contributed by atoms with Crippen molar-refractivity contribution in [3.63, 3.8) is 0 Å². The fourth-order valence-electron chi connectivity index (χ4n) is 2.25. The van der Waals surface area contributed by atoms with Gasteiger partial charge in [-0.3, -0.25) is 4.79 Å². The third kappa shape index (κ3) is 2.96. The van der Waals surface area contributed by atoms with E-state index in [0.29, 0.717) is 47.3 Å². The van der Waals surface area contributed by atoms with Crippen molar-refractivity contribution >= 4 is 11.9 Å². The number of rotatable bonds is 7. The second kappa shape index (κ2) is 6.91. The normalized spacial score (nSPS) is 10.5. The standard InChI is InChI=1S/C17H16N4O3/c1-3-4-7-24-17-15-18-5-6-21(15)10-14(20-17)13-8-12(11-22)9-19-16(13)23-2/h3,5-6,8-11H,1,4,7H2,2H3. The highest BCUT2D eigenvalue weighted by atomic mass is 16.5. The van der Waals surface area contributed by atoms with Crippen LogP contribution in [0.3, 0.4) is 0 Å². The Balaban J connectivity index is 2.12. The molecule has 0 saturated heterocycles. The molecule has 24 heavy (non-hydrogen) atoms. The molecule has 3 aromatic heterocycles. The first-order valence-electron chi connectivity index (χ1n) is 7.33. The molecule has 0 radical (unpaired) electrons. The van der Waals surface area contributed by atoms with E-state index in [2.05, 4.69) is 21.5 Å². The molecule has 0 unspecified atom stereocenters. The average molecular weight is 324 g/mol. The minimum atomic E-state index is 0.379. The SMILES string of the molecule is C=CCCOc1nc(-c2cc(C=O)cnc2OC)cn2ccnc12. The van der Waals surface area contributed by atoms with Gasteiger partial charge in [-0.1, -0.05) is 6.08 Å². The van der Waals surface area contributed by atoms with Crippen LogP contribution in [0.2, 0.25) is 0 Å². The van der Waals surface area contributed by atoms with Crippen molar-refractivity contribution in [3.05, 3.63) is 49.1 Å².